The summed E-state index contributed by atoms with van der Waals surface area (Å²) in [4.78, 5) is 10.4. The molecule has 0 unspecified atom stereocenters. The van der Waals surface area contributed by atoms with Crippen molar-refractivity contribution < 1.29 is 22.7 Å². The van der Waals surface area contributed by atoms with Crippen molar-refractivity contribution in [2.24, 2.45) is 0 Å². The van der Waals surface area contributed by atoms with Crippen LogP contribution in [0.2, 0.25) is 0 Å². The Hall–Kier alpha value is -1.04. The number of hydrogen-bond donors (Lipinski definition) is 0. The highest BCUT2D eigenvalue weighted by Gasteiger charge is 2.41. The van der Waals surface area contributed by atoms with Crippen molar-refractivity contribution in [3.8, 4) is 5.75 Å². The SMILES string of the molecule is O=C(Oc1ccccc1Br)C(F)(F)F. The molecule has 0 heterocycles. The predicted molar refractivity (Wildman–Crippen MR) is 45.8 cm³/mol. The highest BCUT2D eigenvalue weighted by Crippen LogP contribution is 2.26. The van der Waals surface area contributed by atoms with Crippen molar-refractivity contribution in [3.63, 3.8) is 0 Å². The summed E-state index contributed by atoms with van der Waals surface area (Å²) in [6.07, 6.45) is -4.98. The van der Waals surface area contributed by atoms with Crippen molar-refractivity contribution in [1.82, 2.24) is 0 Å². The van der Waals surface area contributed by atoms with E-state index in [-0.39, 0.29) is 10.2 Å². The summed E-state index contributed by atoms with van der Waals surface area (Å²) in [6, 6.07) is 5.78. The van der Waals surface area contributed by atoms with Crippen LogP contribution in [-0.4, -0.2) is 12.1 Å². The van der Waals surface area contributed by atoms with E-state index >= 15 is 0 Å². The topological polar surface area (TPSA) is 26.3 Å². The minimum atomic E-state index is -4.98. The summed E-state index contributed by atoms with van der Waals surface area (Å²) < 4.78 is 39.7. The van der Waals surface area contributed by atoms with Crippen LogP contribution in [0, 0.1) is 0 Å². The van der Waals surface area contributed by atoms with E-state index in [0.717, 1.165) is 0 Å². The van der Waals surface area contributed by atoms with Gasteiger partial charge in [0.25, 0.3) is 0 Å². The van der Waals surface area contributed by atoms with Crippen molar-refractivity contribution in [2.45, 2.75) is 6.18 Å². The van der Waals surface area contributed by atoms with Crippen molar-refractivity contribution >= 4 is 21.9 Å². The molecular formula is C8H4BrF3O2. The van der Waals surface area contributed by atoms with Gasteiger partial charge in [-0.05, 0) is 28.1 Å². The standard InChI is InChI=1S/C8H4BrF3O2/c9-5-3-1-2-4-6(5)14-7(13)8(10,11)12/h1-4H. The predicted octanol–water partition coefficient (Wildman–Crippen LogP) is 2.92. The molecule has 0 aromatic heterocycles. The van der Waals surface area contributed by atoms with Crippen molar-refractivity contribution in [2.75, 3.05) is 0 Å². The Balaban J connectivity index is 2.80. The van der Waals surface area contributed by atoms with Gasteiger partial charge in [0.1, 0.15) is 5.75 Å². The summed E-state index contributed by atoms with van der Waals surface area (Å²) in [5.74, 6) is -2.39. The first-order valence-electron chi connectivity index (χ1n) is 3.45. The van der Waals surface area contributed by atoms with Gasteiger partial charge in [-0.1, -0.05) is 12.1 Å². The van der Waals surface area contributed by atoms with Gasteiger partial charge in [0, 0.05) is 0 Å². The average molecular weight is 269 g/mol. The zero-order valence-corrected chi connectivity index (χ0v) is 8.22. The van der Waals surface area contributed by atoms with Gasteiger partial charge in [-0.2, -0.15) is 13.2 Å². The summed E-state index contributed by atoms with van der Waals surface area (Å²) >= 11 is 2.95. The summed E-state index contributed by atoms with van der Waals surface area (Å²) in [5, 5.41) is 0. The van der Waals surface area contributed by atoms with Crippen LogP contribution in [0.1, 0.15) is 0 Å². The van der Waals surface area contributed by atoms with Crippen LogP contribution in [0.3, 0.4) is 0 Å². The van der Waals surface area contributed by atoms with E-state index in [1.54, 1.807) is 6.07 Å². The Labute approximate surface area is 85.8 Å². The third-order valence-corrected chi connectivity index (χ3v) is 1.93. The molecule has 2 nitrogen and oxygen atoms in total. The minimum absolute atomic E-state index is 0.158. The fourth-order valence-electron chi connectivity index (χ4n) is 0.685. The lowest BCUT2D eigenvalue weighted by Crippen LogP contribution is -2.28. The largest absolute Gasteiger partial charge is 0.491 e. The zero-order valence-electron chi connectivity index (χ0n) is 6.64. The van der Waals surface area contributed by atoms with E-state index < -0.39 is 12.1 Å². The molecule has 0 aliphatic rings. The lowest BCUT2D eigenvalue weighted by molar-refractivity contribution is -0.189. The zero-order chi connectivity index (χ0) is 10.8. The summed E-state index contributed by atoms with van der Waals surface area (Å²) in [6.45, 7) is 0. The molecule has 1 aromatic carbocycles. The van der Waals surface area contributed by atoms with Crippen LogP contribution >= 0.6 is 15.9 Å². The molecule has 0 saturated carbocycles. The van der Waals surface area contributed by atoms with Crippen LogP contribution in [-0.2, 0) is 4.79 Å². The fourth-order valence-corrected chi connectivity index (χ4v) is 1.05. The van der Waals surface area contributed by atoms with E-state index in [1.165, 1.54) is 18.2 Å². The normalized spacial score (nSPS) is 11.1. The Bertz CT molecular complexity index is 349. The molecule has 0 spiro atoms. The number of carbonyl (C=O) groups is 1. The van der Waals surface area contributed by atoms with E-state index in [4.69, 9.17) is 0 Å². The smallest absolute Gasteiger partial charge is 0.419 e. The molecule has 0 bridgehead atoms. The summed E-state index contributed by atoms with van der Waals surface area (Å²) in [5.41, 5.74) is 0. The van der Waals surface area contributed by atoms with Gasteiger partial charge in [-0.15, -0.1) is 0 Å². The highest BCUT2D eigenvalue weighted by molar-refractivity contribution is 9.10. The van der Waals surface area contributed by atoms with E-state index in [9.17, 15) is 18.0 Å². The van der Waals surface area contributed by atoms with Crippen molar-refractivity contribution in [3.05, 3.63) is 28.7 Å². The second kappa shape index (κ2) is 4.00. The average Bonchev–Trinajstić information content (AvgIpc) is 2.07. The number of ether oxygens (including phenoxy) is 1. The van der Waals surface area contributed by atoms with E-state index in [1.807, 2.05) is 0 Å². The summed E-state index contributed by atoms with van der Waals surface area (Å²) in [7, 11) is 0. The lowest BCUT2D eigenvalue weighted by Gasteiger charge is -2.07. The molecule has 6 heteroatoms. The molecule has 0 aliphatic carbocycles. The van der Waals surface area contributed by atoms with Crippen LogP contribution < -0.4 is 4.74 Å². The van der Waals surface area contributed by atoms with Crippen LogP contribution in [0.15, 0.2) is 28.7 Å². The van der Waals surface area contributed by atoms with Gasteiger partial charge < -0.3 is 4.74 Å². The number of carbonyl (C=O) groups excluding carboxylic acids is 1. The molecule has 0 atom stereocenters. The molecular weight excluding hydrogens is 265 g/mol. The monoisotopic (exact) mass is 268 g/mol. The van der Waals surface area contributed by atoms with Crippen LogP contribution in [0.4, 0.5) is 13.2 Å². The van der Waals surface area contributed by atoms with Crippen LogP contribution in [0.5, 0.6) is 5.75 Å². The van der Waals surface area contributed by atoms with E-state index in [0.29, 0.717) is 0 Å². The van der Waals surface area contributed by atoms with E-state index in [2.05, 4.69) is 20.7 Å². The first-order valence-corrected chi connectivity index (χ1v) is 4.24. The van der Waals surface area contributed by atoms with Gasteiger partial charge >= 0.3 is 12.1 Å². The second-order valence-corrected chi connectivity index (χ2v) is 3.17. The first kappa shape index (κ1) is 11.0. The molecule has 0 amide bonds. The van der Waals surface area contributed by atoms with Crippen LogP contribution in [0.25, 0.3) is 0 Å². The van der Waals surface area contributed by atoms with Crippen molar-refractivity contribution in [1.29, 1.82) is 0 Å². The third kappa shape index (κ3) is 2.73. The number of alkyl halides is 3. The minimum Gasteiger partial charge on any atom is -0.419 e. The van der Waals surface area contributed by atoms with Gasteiger partial charge in [0.05, 0.1) is 4.47 Å². The number of para-hydroxylation sites is 1. The highest BCUT2D eigenvalue weighted by atomic mass is 79.9. The Morgan fingerprint density at radius 1 is 1.29 bits per heavy atom. The second-order valence-electron chi connectivity index (χ2n) is 2.32. The Kier molecular flexibility index (Phi) is 3.15. The van der Waals surface area contributed by atoms with Gasteiger partial charge in [0.15, 0.2) is 0 Å². The number of halogens is 4. The molecule has 1 rings (SSSR count). The maximum Gasteiger partial charge on any atom is 0.491 e. The Morgan fingerprint density at radius 3 is 2.36 bits per heavy atom. The molecule has 0 saturated heterocycles. The number of esters is 1. The molecule has 0 N–H and O–H groups in total. The molecule has 0 aliphatic heterocycles. The molecule has 0 radical (unpaired) electrons. The maximum atomic E-state index is 11.8. The maximum absolute atomic E-state index is 11.8. The number of hydrogen-bond acceptors (Lipinski definition) is 2. The van der Waals surface area contributed by atoms with Gasteiger partial charge in [-0.25, -0.2) is 4.79 Å². The number of rotatable bonds is 1. The molecule has 0 fully saturated rings. The van der Waals surface area contributed by atoms with Gasteiger partial charge in [0.2, 0.25) is 0 Å². The first-order chi connectivity index (χ1) is 6.41. The Morgan fingerprint density at radius 2 is 1.86 bits per heavy atom. The number of benzene rings is 1. The third-order valence-electron chi connectivity index (χ3n) is 1.27. The molecule has 1 aromatic rings. The quantitative estimate of drug-likeness (QED) is 0.578. The fraction of sp³-hybridized carbons (Fsp3) is 0.125. The molecule has 14 heavy (non-hydrogen) atoms. The lowest BCUT2D eigenvalue weighted by atomic mass is 10.3. The molecule has 76 valence electrons. The van der Waals surface area contributed by atoms with Gasteiger partial charge in [-0.3, -0.25) is 0 Å².